The monoisotopic (exact) mass is 872 g/mol. The summed E-state index contributed by atoms with van der Waals surface area (Å²) in [5.74, 6) is 0. The Labute approximate surface area is 338 Å². The molecule has 4 aromatic rings. The van der Waals surface area contributed by atoms with E-state index in [1.54, 1.807) is 29.3 Å². The normalized spacial score (nSPS) is 9.55. The zero-order valence-electron chi connectivity index (χ0n) is 32.1. The number of halogens is 1. The Balaban J connectivity index is -0.000000982. The largest absolute Gasteiger partial charge is 0 e. The van der Waals surface area contributed by atoms with Crippen LogP contribution in [0.4, 0.5) is 0 Å². The maximum absolute atomic E-state index is 9.94. The number of hydrogen-bond acceptors (Lipinski definition) is 6. The minimum atomic E-state index is -0.769. The molecule has 4 rings (SSSR count). The molecule has 0 fully saturated rings. The van der Waals surface area contributed by atoms with E-state index >= 15 is 0 Å². The number of hydrogen-bond donors (Lipinski definition) is 1. The van der Waals surface area contributed by atoms with Gasteiger partial charge in [-0.1, -0.05) is 99.5 Å². The van der Waals surface area contributed by atoms with E-state index in [2.05, 4.69) is 169 Å². The standard InChI is InChI=1S/C29H31NP2.C6H13NO.C5H13N.CO2.CHO.ClH.Ru.H2.H/c1-30(22-24-31(26-14-6-2-7-15-26)27-16-8-3-9-17-27)23-25-32(28-18-10-4-11-19-28)29-20-12-5-13-21-29;1-3-4-5-7(2)6-8;1-3-4-5-6-2;2-1-3;1-2;;;;/h2-21H,22-25H2,1H3;6H,3-5H2,1-2H3;6H,3-5H2,1-2H3;;1H;1H;;1H;/q;;;;-1;;+3;;/p+1. The summed E-state index contributed by atoms with van der Waals surface area (Å²) in [5.41, 5.74) is 0. The Bertz CT molecular complexity index is 1230. The summed E-state index contributed by atoms with van der Waals surface area (Å²) in [6.45, 7) is 11.9. The predicted molar refractivity (Wildman–Crippen MR) is 232 cm³/mol. The minimum Gasteiger partial charge on any atom is 0 e. The van der Waals surface area contributed by atoms with Crippen molar-refractivity contribution >= 4 is 66.1 Å². The van der Waals surface area contributed by atoms with Crippen LogP contribution in [-0.4, -0.2) is 88.8 Å². The van der Waals surface area contributed by atoms with Gasteiger partial charge in [0.1, 0.15) is 0 Å². The smallest absolute Gasteiger partial charge is 0 e. The molecule has 1 amide bonds. The second-order valence-corrected chi connectivity index (χ2v) is 16.9. The molecule has 292 valence electrons. The maximum Gasteiger partial charge on any atom is 0 e. The number of amides is 1. The number of carbonyl (C=O) groups excluding carboxylic acids is 4. The van der Waals surface area contributed by atoms with Crippen molar-refractivity contribution in [3.05, 3.63) is 121 Å². The molecule has 0 aliphatic carbocycles. The second kappa shape index (κ2) is 38.8. The van der Waals surface area contributed by atoms with E-state index in [1.807, 2.05) is 7.05 Å². The van der Waals surface area contributed by atoms with E-state index in [0.29, 0.717) is 0 Å². The van der Waals surface area contributed by atoms with E-state index in [1.165, 1.54) is 46.4 Å². The number of carbonyl (C=O) groups is 1. The van der Waals surface area contributed by atoms with Crippen LogP contribution in [0.3, 0.4) is 0 Å². The van der Waals surface area contributed by atoms with Crippen LogP contribution in [0.25, 0.3) is 0 Å². The molecule has 0 aliphatic rings. The first-order valence-corrected chi connectivity index (χ1v) is 23.5. The molecule has 0 unspecified atom stereocenters. The average molecular weight is 872 g/mol. The molecular formula is C42H63ClN3O4P2Ru+3. The summed E-state index contributed by atoms with van der Waals surface area (Å²) >= 11 is 1.62. The average Bonchev–Trinajstić information content (AvgIpc) is 3.23. The van der Waals surface area contributed by atoms with E-state index in [-0.39, 0.29) is 7.58 Å². The van der Waals surface area contributed by atoms with Crippen molar-refractivity contribution < 1.29 is 37.9 Å². The molecule has 0 spiro atoms. The molecule has 0 aromatic heterocycles. The van der Waals surface area contributed by atoms with Gasteiger partial charge in [0.15, 0.2) is 0 Å². The summed E-state index contributed by atoms with van der Waals surface area (Å²) in [7, 11) is 9.14. The van der Waals surface area contributed by atoms with Gasteiger partial charge in [0.2, 0.25) is 6.41 Å². The molecule has 4 aromatic carbocycles. The number of nitrogens with zero attached hydrogens (tertiary/aromatic N) is 2. The molecule has 0 radical (unpaired) electrons. The Morgan fingerprint density at radius 2 is 0.962 bits per heavy atom. The van der Waals surface area contributed by atoms with Crippen LogP contribution >= 0.6 is 25.5 Å². The van der Waals surface area contributed by atoms with Gasteiger partial charge < -0.3 is 15.0 Å². The molecule has 0 saturated carbocycles. The fourth-order valence-corrected chi connectivity index (χ4v) is 10.4. The van der Waals surface area contributed by atoms with Gasteiger partial charge in [0, 0.05) is 28.1 Å². The zero-order chi connectivity index (χ0) is 40.0. The summed E-state index contributed by atoms with van der Waals surface area (Å²) in [4.78, 5) is 38.1. The van der Waals surface area contributed by atoms with Gasteiger partial charge in [-0.25, -0.2) is 0 Å². The molecule has 0 atom stereocenters. The van der Waals surface area contributed by atoms with E-state index < -0.39 is 15.8 Å². The molecule has 0 saturated heterocycles. The van der Waals surface area contributed by atoms with Crippen molar-refractivity contribution in [2.45, 2.75) is 39.5 Å². The van der Waals surface area contributed by atoms with Crippen molar-refractivity contribution in [2.75, 3.05) is 59.6 Å². The minimum absolute atomic E-state index is 0. The summed E-state index contributed by atoms with van der Waals surface area (Å²) in [5, 5.41) is 9.11. The molecule has 11 heteroatoms. The molecule has 0 aliphatic heterocycles. The second-order valence-electron chi connectivity index (χ2n) is 11.7. The van der Waals surface area contributed by atoms with Crippen LogP contribution in [0.5, 0.6) is 0 Å². The first-order valence-electron chi connectivity index (χ1n) is 17.7. The quantitative estimate of drug-likeness (QED) is 0.0439. The Kier molecular flexibility index (Phi) is 38.2. The summed E-state index contributed by atoms with van der Waals surface area (Å²) in [6, 6.07) is 44.4. The van der Waals surface area contributed by atoms with E-state index in [9.17, 15) is 4.79 Å². The van der Waals surface area contributed by atoms with E-state index in [4.69, 9.17) is 14.4 Å². The molecule has 53 heavy (non-hydrogen) atoms. The topological polar surface area (TPSA) is 86.8 Å². The number of unbranched alkanes of at least 4 members (excludes halogenated alkanes) is 2. The zero-order valence-corrected chi connectivity index (χ0v) is 36.7. The van der Waals surface area contributed by atoms with E-state index in [0.717, 1.165) is 45.4 Å². The molecule has 7 nitrogen and oxygen atoms in total. The third-order valence-electron chi connectivity index (χ3n) is 7.80. The van der Waals surface area contributed by atoms with Gasteiger partial charge in [0.05, 0.1) is 49.4 Å². The summed E-state index contributed by atoms with van der Waals surface area (Å²) in [6.07, 6.45) is 8.42. The fraction of sp³-hybridized carbons (Fsp3) is 0.357. The molecule has 0 bridgehead atoms. The third-order valence-corrected chi connectivity index (χ3v) is 13.4. The molecule has 0 heterocycles. The van der Waals surface area contributed by atoms with Crippen molar-refractivity contribution in [3.63, 3.8) is 0 Å². The fourth-order valence-electron chi connectivity index (χ4n) is 5.00. The van der Waals surface area contributed by atoms with Gasteiger partial charge in [-0.15, -0.1) is 0 Å². The number of nitrogens with one attached hydrogen (secondary N) is 1. The van der Waals surface area contributed by atoms with Gasteiger partial charge >= 0.3 is 33.2 Å². The molecule has 1 N–H and O–H groups in total. The molecular weight excluding hydrogens is 809 g/mol. The van der Waals surface area contributed by atoms with Crippen molar-refractivity contribution in [3.8, 4) is 0 Å². The number of rotatable bonds is 17. The Morgan fingerprint density at radius 1 is 0.660 bits per heavy atom. The Hall–Kier alpha value is -2.91. The third kappa shape index (κ3) is 26.5. The van der Waals surface area contributed by atoms with Gasteiger partial charge in [-0.3, -0.25) is 16.5 Å². The SMILES string of the molecule is CCCCN(C)C=O.CCCCNC.CN(CC[PH+](c1ccccc1)c1ccccc1)CC[PH+](c1ccccc1)c1ccccc1.O=C=O.[CH-]=O.[Cl][RuH+2].[HH]. The maximum atomic E-state index is 9.94. The van der Waals surface area contributed by atoms with Crippen LogP contribution in [0.2, 0.25) is 0 Å². The van der Waals surface area contributed by atoms with Crippen LogP contribution in [0, 0.1) is 0 Å². The first kappa shape index (κ1) is 52.2. The van der Waals surface area contributed by atoms with Gasteiger partial charge in [0.25, 0.3) is 0 Å². The van der Waals surface area contributed by atoms with Crippen molar-refractivity contribution in [1.82, 2.24) is 15.1 Å². The van der Waals surface area contributed by atoms with Crippen LogP contribution in [-0.2, 0) is 36.5 Å². The van der Waals surface area contributed by atoms with Crippen LogP contribution in [0.15, 0.2) is 121 Å². The van der Waals surface area contributed by atoms with Crippen molar-refractivity contribution in [2.24, 2.45) is 0 Å². The number of benzene rings is 4. The van der Waals surface area contributed by atoms with Gasteiger partial charge in [-0.2, -0.15) is 9.59 Å². The van der Waals surface area contributed by atoms with Crippen LogP contribution < -0.4 is 26.5 Å². The Morgan fingerprint density at radius 3 is 1.19 bits per heavy atom. The van der Waals surface area contributed by atoms with Crippen LogP contribution in [0.1, 0.15) is 41.0 Å². The van der Waals surface area contributed by atoms with Gasteiger partial charge in [-0.05, 0) is 82.0 Å². The first-order chi connectivity index (χ1) is 25.9. The summed E-state index contributed by atoms with van der Waals surface area (Å²) < 4.78 is 0. The predicted octanol–water partition coefficient (Wildman–Crippen LogP) is 6.34. The van der Waals surface area contributed by atoms with Crippen molar-refractivity contribution in [1.29, 1.82) is 0 Å².